The van der Waals surface area contributed by atoms with E-state index in [9.17, 15) is 5.21 Å². The van der Waals surface area contributed by atoms with Crippen molar-refractivity contribution in [1.29, 1.82) is 0 Å². The first-order valence-electron chi connectivity index (χ1n) is 7.04. The van der Waals surface area contributed by atoms with Crippen molar-refractivity contribution in [3.63, 3.8) is 0 Å². The van der Waals surface area contributed by atoms with Gasteiger partial charge in [0, 0.05) is 11.0 Å². The lowest BCUT2D eigenvalue weighted by Gasteiger charge is -2.49. The lowest BCUT2D eigenvalue weighted by molar-refractivity contribution is 0.257. The van der Waals surface area contributed by atoms with Crippen LogP contribution in [-0.4, -0.2) is 10.9 Å². The highest BCUT2D eigenvalue weighted by molar-refractivity contribution is 6.11. The molecular formula is C17H21NO. The first kappa shape index (κ1) is 12.5. The van der Waals surface area contributed by atoms with Gasteiger partial charge >= 0.3 is 0 Å². The van der Waals surface area contributed by atoms with Crippen LogP contribution in [0.25, 0.3) is 0 Å². The first-order chi connectivity index (χ1) is 8.99. The molecule has 2 aliphatic carbocycles. The normalized spacial score (nSPS) is 30.5. The van der Waals surface area contributed by atoms with E-state index in [4.69, 9.17) is 0 Å². The van der Waals surface area contributed by atoms with E-state index in [1.165, 1.54) is 30.4 Å². The molecule has 0 aliphatic heterocycles. The highest BCUT2D eigenvalue weighted by atomic mass is 16.4. The van der Waals surface area contributed by atoms with Gasteiger partial charge in [-0.1, -0.05) is 62.2 Å². The molecule has 0 saturated heterocycles. The standard InChI is InChI=1S/C17H21NO/c1-16(2)9-6-10-17(3)13-8-5-4-7-12(13)14(18-19)11-15(16)17/h4-5,7-8,11,19H,6,9-10H2,1-3H3/b18-14-/t17-/m0/s1. The predicted octanol–water partition coefficient (Wildman–Crippen LogP) is 4.27. The lowest BCUT2D eigenvalue weighted by atomic mass is 9.55. The molecule has 1 aromatic carbocycles. The first-order valence-corrected chi connectivity index (χ1v) is 7.04. The molecule has 1 atom stereocenters. The van der Waals surface area contributed by atoms with Crippen molar-refractivity contribution in [3.8, 4) is 0 Å². The van der Waals surface area contributed by atoms with Gasteiger partial charge in [0.15, 0.2) is 0 Å². The SMILES string of the molecule is CC1(C)CCC[C@]2(C)C1=C/C(=N/O)c1ccccc12. The van der Waals surface area contributed by atoms with Crippen molar-refractivity contribution < 1.29 is 5.21 Å². The molecule has 0 unspecified atom stereocenters. The summed E-state index contributed by atoms with van der Waals surface area (Å²) in [7, 11) is 0. The van der Waals surface area contributed by atoms with Gasteiger partial charge in [0.2, 0.25) is 0 Å². The molecule has 2 aliphatic rings. The Labute approximate surface area is 114 Å². The minimum atomic E-state index is 0.0898. The fourth-order valence-electron chi connectivity index (χ4n) is 4.02. The van der Waals surface area contributed by atoms with Gasteiger partial charge in [-0.2, -0.15) is 0 Å². The highest BCUT2D eigenvalue weighted by Gasteiger charge is 2.46. The molecule has 0 spiro atoms. The third-order valence-corrected chi connectivity index (χ3v) is 4.99. The molecular weight excluding hydrogens is 234 g/mol. The van der Waals surface area contributed by atoms with Crippen LogP contribution in [0, 0.1) is 5.41 Å². The Hall–Kier alpha value is -1.57. The van der Waals surface area contributed by atoms with Crippen LogP contribution in [0.15, 0.2) is 41.1 Å². The van der Waals surface area contributed by atoms with E-state index in [0.29, 0.717) is 5.71 Å². The van der Waals surface area contributed by atoms with Gasteiger partial charge in [-0.25, -0.2) is 0 Å². The zero-order chi connectivity index (χ0) is 13.7. The van der Waals surface area contributed by atoms with Crippen LogP contribution in [0.5, 0.6) is 0 Å². The second-order valence-corrected chi connectivity index (χ2v) is 6.66. The summed E-state index contributed by atoms with van der Waals surface area (Å²) in [5.74, 6) is 0. The number of oxime groups is 1. The minimum Gasteiger partial charge on any atom is -0.410 e. The molecule has 1 fully saturated rings. The summed E-state index contributed by atoms with van der Waals surface area (Å²) in [5, 5.41) is 12.8. The number of nitrogens with zero attached hydrogens (tertiary/aromatic N) is 1. The second-order valence-electron chi connectivity index (χ2n) is 6.66. The Morgan fingerprint density at radius 3 is 2.58 bits per heavy atom. The van der Waals surface area contributed by atoms with Crippen LogP contribution in [-0.2, 0) is 5.41 Å². The van der Waals surface area contributed by atoms with E-state index in [0.717, 1.165) is 5.56 Å². The van der Waals surface area contributed by atoms with Crippen LogP contribution < -0.4 is 0 Å². The summed E-state index contributed by atoms with van der Waals surface area (Å²) in [5.41, 5.74) is 4.78. The number of hydrogen-bond acceptors (Lipinski definition) is 2. The second kappa shape index (κ2) is 3.96. The van der Waals surface area contributed by atoms with Gasteiger partial charge < -0.3 is 5.21 Å². The van der Waals surface area contributed by atoms with E-state index >= 15 is 0 Å². The van der Waals surface area contributed by atoms with Gasteiger partial charge in [-0.05, 0) is 29.9 Å². The molecule has 1 saturated carbocycles. The topological polar surface area (TPSA) is 32.6 Å². The molecule has 0 radical (unpaired) electrons. The third-order valence-electron chi connectivity index (χ3n) is 4.99. The lowest BCUT2D eigenvalue weighted by Crippen LogP contribution is -2.41. The van der Waals surface area contributed by atoms with Gasteiger partial charge in [-0.3, -0.25) is 0 Å². The number of hydrogen-bond donors (Lipinski definition) is 1. The molecule has 19 heavy (non-hydrogen) atoms. The van der Waals surface area contributed by atoms with E-state index in [1.54, 1.807) is 0 Å². The molecule has 100 valence electrons. The average Bonchev–Trinajstić information content (AvgIpc) is 2.38. The summed E-state index contributed by atoms with van der Waals surface area (Å²) in [6, 6.07) is 8.35. The van der Waals surface area contributed by atoms with Crippen LogP contribution in [0.4, 0.5) is 0 Å². The molecule has 0 amide bonds. The number of fused-ring (bicyclic) bond motifs is 3. The van der Waals surface area contributed by atoms with Crippen molar-refractivity contribution in [2.75, 3.05) is 0 Å². The number of allylic oxidation sites excluding steroid dienone is 2. The summed E-state index contributed by atoms with van der Waals surface area (Å²) in [6.07, 6.45) is 5.75. The largest absolute Gasteiger partial charge is 0.410 e. The average molecular weight is 255 g/mol. The Balaban J connectivity index is 2.28. The van der Waals surface area contributed by atoms with Crippen molar-refractivity contribution in [2.45, 2.75) is 45.4 Å². The third kappa shape index (κ3) is 1.66. The Morgan fingerprint density at radius 2 is 1.84 bits per heavy atom. The fourth-order valence-corrected chi connectivity index (χ4v) is 4.02. The molecule has 2 nitrogen and oxygen atoms in total. The molecule has 1 N–H and O–H groups in total. The molecule has 0 bridgehead atoms. The van der Waals surface area contributed by atoms with E-state index < -0.39 is 0 Å². The summed E-state index contributed by atoms with van der Waals surface area (Å²) >= 11 is 0. The zero-order valence-corrected chi connectivity index (χ0v) is 11.9. The van der Waals surface area contributed by atoms with Crippen molar-refractivity contribution in [2.24, 2.45) is 10.6 Å². The minimum absolute atomic E-state index is 0.0898. The molecule has 2 heteroatoms. The van der Waals surface area contributed by atoms with Crippen molar-refractivity contribution in [3.05, 3.63) is 47.0 Å². The fraction of sp³-hybridized carbons (Fsp3) is 0.471. The molecule has 0 heterocycles. The van der Waals surface area contributed by atoms with Crippen LogP contribution in [0.1, 0.15) is 51.2 Å². The molecule has 0 aromatic heterocycles. The van der Waals surface area contributed by atoms with Gasteiger partial charge in [0.05, 0.1) is 0 Å². The van der Waals surface area contributed by atoms with E-state index in [1.807, 2.05) is 6.07 Å². The van der Waals surface area contributed by atoms with Crippen molar-refractivity contribution in [1.82, 2.24) is 0 Å². The van der Waals surface area contributed by atoms with Crippen molar-refractivity contribution >= 4 is 5.71 Å². The summed E-state index contributed by atoms with van der Waals surface area (Å²) in [4.78, 5) is 0. The Morgan fingerprint density at radius 1 is 1.11 bits per heavy atom. The van der Waals surface area contributed by atoms with Gasteiger partial charge in [-0.15, -0.1) is 0 Å². The van der Waals surface area contributed by atoms with Gasteiger partial charge in [0.1, 0.15) is 5.71 Å². The maximum Gasteiger partial charge on any atom is 0.110 e. The predicted molar refractivity (Wildman–Crippen MR) is 77.8 cm³/mol. The summed E-state index contributed by atoms with van der Waals surface area (Å²) < 4.78 is 0. The maximum absolute atomic E-state index is 9.33. The molecule has 1 aromatic rings. The number of benzene rings is 1. The smallest absolute Gasteiger partial charge is 0.110 e. The molecule has 3 rings (SSSR count). The Bertz CT molecular complexity index is 583. The Kier molecular flexibility index (Phi) is 2.60. The van der Waals surface area contributed by atoms with E-state index in [-0.39, 0.29) is 10.8 Å². The quantitative estimate of drug-likeness (QED) is 0.545. The zero-order valence-electron chi connectivity index (χ0n) is 11.9. The maximum atomic E-state index is 9.33. The van der Waals surface area contributed by atoms with Gasteiger partial charge in [0.25, 0.3) is 0 Å². The van der Waals surface area contributed by atoms with Crippen LogP contribution in [0.2, 0.25) is 0 Å². The monoisotopic (exact) mass is 255 g/mol. The summed E-state index contributed by atoms with van der Waals surface area (Å²) in [6.45, 7) is 6.95. The highest BCUT2D eigenvalue weighted by Crippen LogP contribution is 2.54. The van der Waals surface area contributed by atoms with Crippen LogP contribution in [0.3, 0.4) is 0 Å². The van der Waals surface area contributed by atoms with Crippen LogP contribution >= 0.6 is 0 Å². The van der Waals surface area contributed by atoms with E-state index in [2.05, 4.69) is 50.2 Å². The number of rotatable bonds is 0.